The highest BCUT2D eigenvalue weighted by Gasteiger charge is 2.31. The van der Waals surface area contributed by atoms with E-state index in [1.165, 1.54) is 18.9 Å². The Bertz CT molecular complexity index is 307. The van der Waals surface area contributed by atoms with Gasteiger partial charge in [0.05, 0.1) is 0 Å². The van der Waals surface area contributed by atoms with E-state index in [1.807, 2.05) is 4.90 Å². The second kappa shape index (κ2) is 6.56. The molecule has 0 spiro atoms. The van der Waals surface area contributed by atoms with Gasteiger partial charge in [0.15, 0.2) is 0 Å². The minimum Gasteiger partial charge on any atom is -0.331 e. The zero-order valence-corrected chi connectivity index (χ0v) is 13.3. The number of nitrogens with zero attached hydrogens (tertiary/aromatic N) is 2. The van der Waals surface area contributed by atoms with Gasteiger partial charge in [0.25, 0.3) is 0 Å². The van der Waals surface area contributed by atoms with Crippen LogP contribution in [-0.4, -0.2) is 47.4 Å². The maximum Gasteiger partial charge on any atom is 0.246 e. The number of hydrogen-bond acceptors (Lipinski definition) is 2. The molecular formula is C16H30N2O. The van der Waals surface area contributed by atoms with Crippen molar-refractivity contribution >= 4 is 5.91 Å². The van der Waals surface area contributed by atoms with Crippen LogP contribution in [0.5, 0.6) is 0 Å². The number of rotatable bonds is 4. The molecule has 3 heteroatoms. The van der Waals surface area contributed by atoms with E-state index in [0.717, 1.165) is 19.6 Å². The van der Waals surface area contributed by atoms with Crippen molar-refractivity contribution in [2.45, 2.75) is 59.5 Å². The van der Waals surface area contributed by atoms with Crippen LogP contribution in [-0.2, 0) is 4.79 Å². The van der Waals surface area contributed by atoms with E-state index in [4.69, 9.17) is 0 Å². The van der Waals surface area contributed by atoms with E-state index in [0.29, 0.717) is 5.41 Å². The summed E-state index contributed by atoms with van der Waals surface area (Å²) in [5, 5.41) is 0. The third-order valence-electron chi connectivity index (χ3n) is 3.82. The van der Waals surface area contributed by atoms with Gasteiger partial charge < -0.3 is 4.90 Å². The van der Waals surface area contributed by atoms with Crippen molar-refractivity contribution in [3.05, 3.63) is 12.7 Å². The highest BCUT2D eigenvalue weighted by Crippen LogP contribution is 2.22. The van der Waals surface area contributed by atoms with Crippen LogP contribution in [0.15, 0.2) is 12.7 Å². The van der Waals surface area contributed by atoms with Gasteiger partial charge in [0.2, 0.25) is 5.91 Å². The van der Waals surface area contributed by atoms with Gasteiger partial charge in [0.1, 0.15) is 0 Å². The molecule has 19 heavy (non-hydrogen) atoms. The van der Waals surface area contributed by atoms with Gasteiger partial charge in [-0.2, -0.15) is 0 Å². The standard InChI is InChI=1S/C16H30N2O/c1-7-15(19)18-13(2)11-17(12-14(18)3)10-8-9-16(4,5)6/h7,13-14H,1,8-12H2,2-6H3/t13-,14+. The lowest BCUT2D eigenvalue weighted by molar-refractivity contribution is -0.133. The molecule has 1 saturated heterocycles. The van der Waals surface area contributed by atoms with E-state index >= 15 is 0 Å². The Hall–Kier alpha value is -0.830. The fraction of sp³-hybridized carbons (Fsp3) is 0.812. The molecule has 0 aromatic carbocycles. The molecule has 110 valence electrons. The fourth-order valence-corrected chi connectivity index (χ4v) is 2.99. The van der Waals surface area contributed by atoms with Crippen LogP contribution in [0.4, 0.5) is 0 Å². The zero-order chi connectivity index (χ0) is 14.6. The maximum absolute atomic E-state index is 11.8. The largest absolute Gasteiger partial charge is 0.331 e. The van der Waals surface area contributed by atoms with E-state index in [9.17, 15) is 4.79 Å². The lowest BCUT2D eigenvalue weighted by atomic mass is 9.90. The highest BCUT2D eigenvalue weighted by molar-refractivity contribution is 5.87. The monoisotopic (exact) mass is 266 g/mol. The first-order valence-corrected chi connectivity index (χ1v) is 7.41. The normalized spacial score (nSPS) is 25.4. The van der Waals surface area contributed by atoms with Crippen molar-refractivity contribution < 1.29 is 4.79 Å². The van der Waals surface area contributed by atoms with Crippen LogP contribution in [0, 0.1) is 5.41 Å². The fourth-order valence-electron chi connectivity index (χ4n) is 2.99. The zero-order valence-electron chi connectivity index (χ0n) is 13.3. The first-order chi connectivity index (χ1) is 8.74. The number of carbonyl (C=O) groups is 1. The Morgan fingerprint density at radius 3 is 2.21 bits per heavy atom. The first kappa shape index (κ1) is 16.2. The Morgan fingerprint density at radius 2 is 1.79 bits per heavy atom. The molecule has 1 amide bonds. The highest BCUT2D eigenvalue weighted by atomic mass is 16.2. The summed E-state index contributed by atoms with van der Waals surface area (Å²) >= 11 is 0. The lowest BCUT2D eigenvalue weighted by Gasteiger charge is -2.44. The van der Waals surface area contributed by atoms with Gasteiger partial charge in [-0.25, -0.2) is 0 Å². The van der Waals surface area contributed by atoms with E-state index in [1.54, 1.807) is 0 Å². The number of piperazine rings is 1. The van der Waals surface area contributed by atoms with Crippen LogP contribution in [0.2, 0.25) is 0 Å². The molecule has 0 unspecified atom stereocenters. The van der Waals surface area contributed by atoms with E-state index < -0.39 is 0 Å². The van der Waals surface area contributed by atoms with Crippen LogP contribution in [0.1, 0.15) is 47.5 Å². The molecular weight excluding hydrogens is 236 g/mol. The van der Waals surface area contributed by atoms with Crippen LogP contribution in [0.25, 0.3) is 0 Å². The Kier molecular flexibility index (Phi) is 5.60. The maximum atomic E-state index is 11.8. The van der Waals surface area contributed by atoms with Gasteiger partial charge >= 0.3 is 0 Å². The van der Waals surface area contributed by atoms with Crippen LogP contribution < -0.4 is 0 Å². The number of amides is 1. The topological polar surface area (TPSA) is 23.6 Å². The second-order valence-corrected chi connectivity index (χ2v) is 7.07. The summed E-state index contributed by atoms with van der Waals surface area (Å²) in [6, 6.07) is 0.563. The van der Waals surface area contributed by atoms with Crippen molar-refractivity contribution in [3.8, 4) is 0 Å². The quantitative estimate of drug-likeness (QED) is 0.730. The van der Waals surface area contributed by atoms with Gasteiger partial charge in [-0.3, -0.25) is 9.69 Å². The molecule has 0 aromatic heterocycles. The Labute approximate surface area is 118 Å². The molecule has 0 aliphatic carbocycles. The van der Waals surface area contributed by atoms with Crippen molar-refractivity contribution in [1.82, 2.24) is 9.80 Å². The molecule has 0 aromatic rings. The van der Waals surface area contributed by atoms with Gasteiger partial charge in [0, 0.05) is 25.2 Å². The average molecular weight is 266 g/mol. The third kappa shape index (κ3) is 4.98. The predicted molar refractivity (Wildman–Crippen MR) is 81.1 cm³/mol. The summed E-state index contributed by atoms with van der Waals surface area (Å²) in [4.78, 5) is 16.3. The van der Waals surface area contributed by atoms with Crippen LogP contribution >= 0.6 is 0 Å². The molecule has 0 radical (unpaired) electrons. The average Bonchev–Trinajstić information content (AvgIpc) is 2.26. The predicted octanol–water partition coefficient (Wildman–Crippen LogP) is 2.92. The smallest absolute Gasteiger partial charge is 0.246 e. The molecule has 3 nitrogen and oxygen atoms in total. The Morgan fingerprint density at radius 1 is 1.26 bits per heavy atom. The third-order valence-corrected chi connectivity index (χ3v) is 3.82. The van der Waals surface area contributed by atoms with Crippen molar-refractivity contribution in [1.29, 1.82) is 0 Å². The molecule has 2 atom stereocenters. The summed E-state index contributed by atoms with van der Waals surface area (Å²) in [7, 11) is 0. The van der Waals surface area contributed by atoms with Crippen molar-refractivity contribution in [2.75, 3.05) is 19.6 Å². The van der Waals surface area contributed by atoms with Crippen LogP contribution in [0.3, 0.4) is 0 Å². The first-order valence-electron chi connectivity index (χ1n) is 7.41. The molecule has 0 saturated carbocycles. The van der Waals surface area contributed by atoms with Crippen molar-refractivity contribution in [2.24, 2.45) is 5.41 Å². The van der Waals surface area contributed by atoms with E-state index in [-0.39, 0.29) is 18.0 Å². The summed E-state index contributed by atoms with van der Waals surface area (Å²) in [6.07, 6.45) is 3.92. The lowest BCUT2D eigenvalue weighted by Crippen LogP contribution is -2.58. The molecule has 1 fully saturated rings. The molecule has 0 bridgehead atoms. The summed E-state index contributed by atoms with van der Waals surface area (Å²) in [5.74, 6) is 0.0642. The molecule has 0 N–H and O–H groups in total. The SMILES string of the molecule is C=CC(=O)N1[C@H](C)CN(CCCC(C)(C)C)C[C@@H]1C. The summed E-state index contributed by atoms with van der Waals surface area (Å²) < 4.78 is 0. The van der Waals surface area contributed by atoms with E-state index in [2.05, 4.69) is 46.1 Å². The van der Waals surface area contributed by atoms with Gasteiger partial charge in [-0.05, 0) is 44.7 Å². The summed E-state index contributed by atoms with van der Waals surface area (Å²) in [6.45, 7) is 17.8. The molecule has 1 heterocycles. The molecule has 1 aliphatic rings. The molecule has 1 rings (SSSR count). The second-order valence-electron chi connectivity index (χ2n) is 7.07. The number of carbonyl (C=O) groups excluding carboxylic acids is 1. The van der Waals surface area contributed by atoms with Gasteiger partial charge in [-0.1, -0.05) is 27.4 Å². The number of hydrogen-bond donors (Lipinski definition) is 0. The molecule has 1 aliphatic heterocycles. The Balaban J connectivity index is 2.46. The minimum atomic E-state index is 0.0642. The minimum absolute atomic E-state index is 0.0642. The van der Waals surface area contributed by atoms with Gasteiger partial charge in [-0.15, -0.1) is 0 Å². The summed E-state index contributed by atoms with van der Waals surface area (Å²) in [5.41, 5.74) is 0.415. The van der Waals surface area contributed by atoms with Crippen molar-refractivity contribution in [3.63, 3.8) is 0 Å².